The number of carboxylic acids is 1. The second kappa shape index (κ2) is 12.1. The van der Waals surface area contributed by atoms with Gasteiger partial charge in [0.15, 0.2) is 0 Å². The minimum atomic E-state index is -0.841. The van der Waals surface area contributed by atoms with Crippen molar-refractivity contribution >= 4 is 33.7 Å². The van der Waals surface area contributed by atoms with Crippen LogP contribution in [0.15, 0.2) is 0 Å². The second-order valence-corrected chi connectivity index (χ2v) is 8.52. The van der Waals surface area contributed by atoms with Gasteiger partial charge in [-0.3, -0.25) is 4.79 Å². The minimum Gasteiger partial charge on any atom is -0.481 e. The number of amides is 1. The molecule has 9 nitrogen and oxygen atoms in total. The summed E-state index contributed by atoms with van der Waals surface area (Å²) in [5.74, 6) is 0.179. The summed E-state index contributed by atoms with van der Waals surface area (Å²) >= 11 is 0. The number of alkyl carbamates (subject to hydrolysis) is 1. The summed E-state index contributed by atoms with van der Waals surface area (Å²) in [6.07, 6.45) is 4.20. The Morgan fingerprint density at radius 3 is 2.40 bits per heavy atom. The Labute approximate surface area is 154 Å². The molecule has 144 valence electrons. The number of hydrogen-bond acceptors (Lipinski definition) is 8. The zero-order valence-corrected chi connectivity index (χ0v) is 15.6. The van der Waals surface area contributed by atoms with Gasteiger partial charge in [-0.05, 0) is 18.3 Å². The SMILES string of the molecule is O=C(O)CC1(CNC(=O)OCCSSCCO[N+](=O)[O-])CCCCC1. The predicted octanol–water partition coefficient (Wildman–Crippen LogP) is 2.73. The Bertz CT molecular complexity index is 445. The number of aliphatic carboxylic acids is 1. The first-order chi connectivity index (χ1) is 11.9. The van der Waals surface area contributed by atoms with Gasteiger partial charge < -0.3 is 20.0 Å². The smallest absolute Gasteiger partial charge is 0.407 e. The zero-order chi connectivity index (χ0) is 18.5. The molecule has 1 fully saturated rings. The van der Waals surface area contributed by atoms with Gasteiger partial charge in [0.25, 0.3) is 5.09 Å². The third kappa shape index (κ3) is 10.3. The highest BCUT2D eigenvalue weighted by Crippen LogP contribution is 2.38. The maximum Gasteiger partial charge on any atom is 0.407 e. The number of carboxylic acid groups (broad SMARTS) is 1. The van der Waals surface area contributed by atoms with Gasteiger partial charge in [-0.2, -0.15) is 0 Å². The van der Waals surface area contributed by atoms with Crippen LogP contribution in [0.5, 0.6) is 0 Å². The molecule has 0 saturated heterocycles. The van der Waals surface area contributed by atoms with Gasteiger partial charge in [0.2, 0.25) is 0 Å². The molecule has 0 aliphatic heterocycles. The van der Waals surface area contributed by atoms with Crippen molar-refractivity contribution in [2.24, 2.45) is 5.41 Å². The number of rotatable bonds is 12. The van der Waals surface area contributed by atoms with Gasteiger partial charge >= 0.3 is 12.1 Å². The molecule has 0 bridgehead atoms. The van der Waals surface area contributed by atoms with Crippen LogP contribution < -0.4 is 5.32 Å². The molecule has 0 aromatic carbocycles. The predicted molar refractivity (Wildman–Crippen MR) is 95.0 cm³/mol. The van der Waals surface area contributed by atoms with Crippen molar-refractivity contribution in [3.8, 4) is 0 Å². The number of carbonyl (C=O) groups is 2. The van der Waals surface area contributed by atoms with E-state index in [1.807, 2.05) is 0 Å². The van der Waals surface area contributed by atoms with Crippen molar-refractivity contribution < 1.29 is 29.4 Å². The molecule has 1 aliphatic carbocycles. The molecule has 0 unspecified atom stereocenters. The molecule has 2 N–H and O–H groups in total. The largest absolute Gasteiger partial charge is 0.481 e. The van der Waals surface area contributed by atoms with Crippen LogP contribution in [-0.2, 0) is 14.4 Å². The molecule has 0 aromatic heterocycles. The zero-order valence-electron chi connectivity index (χ0n) is 13.9. The first kappa shape index (κ1) is 21.7. The number of nitrogens with zero attached hydrogens (tertiary/aromatic N) is 1. The fraction of sp³-hybridized carbons (Fsp3) is 0.857. The molecule has 11 heteroatoms. The van der Waals surface area contributed by atoms with E-state index >= 15 is 0 Å². The monoisotopic (exact) mass is 396 g/mol. The molecule has 1 amide bonds. The Morgan fingerprint density at radius 2 is 1.80 bits per heavy atom. The number of carbonyl (C=O) groups excluding carboxylic acids is 1. The first-order valence-electron chi connectivity index (χ1n) is 8.08. The van der Waals surface area contributed by atoms with Crippen molar-refractivity contribution in [1.82, 2.24) is 5.32 Å². The lowest BCUT2D eigenvalue weighted by atomic mass is 9.72. The van der Waals surface area contributed by atoms with Crippen LogP contribution in [0.2, 0.25) is 0 Å². The highest BCUT2D eigenvalue weighted by Gasteiger charge is 2.34. The molecule has 0 heterocycles. The Morgan fingerprint density at radius 1 is 1.16 bits per heavy atom. The van der Waals surface area contributed by atoms with Crippen LogP contribution in [-0.4, -0.2) is 53.5 Å². The summed E-state index contributed by atoms with van der Waals surface area (Å²) in [6.45, 7) is 0.557. The molecular formula is C14H24N2O7S2. The van der Waals surface area contributed by atoms with Crippen molar-refractivity contribution in [3.63, 3.8) is 0 Å². The van der Waals surface area contributed by atoms with Crippen molar-refractivity contribution in [1.29, 1.82) is 0 Å². The molecule has 1 aliphatic rings. The highest BCUT2D eigenvalue weighted by molar-refractivity contribution is 8.76. The minimum absolute atomic E-state index is 0.0255. The molecule has 1 rings (SSSR count). The van der Waals surface area contributed by atoms with Crippen molar-refractivity contribution in [3.05, 3.63) is 10.1 Å². The average molecular weight is 396 g/mol. The summed E-state index contributed by atoms with van der Waals surface area (Å²) in [6, 6.07) is 0. The molecule has 1 saturated carbocycles. The van der Waals surface area contributed by atoms with E-state index in [-0.39, 0.29) is 25.0 Å². The normalized spacial score (nSPS) is 16.0. The lowest BCUT2D eigenvalue weighted by Gasteiger charge is -2.36. The number of ether oxygens (including phenoxy) is 1. The number of hydrogen-bond donors (Lipinski definition) is 2. The van der Waals surface area contributed by atoms with E-state index in [2.05, 4.69) is 10.2 Å². The lowest BCUT2D eigenvalue weighted by Crippen LogP contribution is -2.40. The highest BCUT2D eigenvalue weighted by atomic mass is 33.1. The summed E-state index contributed by atoms with van der Waals surface area (Å²) in [4.78, 5) is 36.9. The van der Waals surface area contributed by atoms with Crippen molar-refractivity contribution in [2.45, 2.75) is 38.5 Å². The summed E-state index contributed by atoms with van der Waals surface area (Å²) in [5.41, 5.74) is -0.370. The van der Waals surface area contributed by atoms with Gasteiger partial charge in [0.05, 0.1) is 6.42 Å². The summed E-state index contributed by atoms with van der Waals surface area (Å²) in [5, 5.41) is 20.9. The van der Waals surface area contributed by atoms with E-state index in [9.17, 15) is 19.7 Å². The molecule has 25 heavy (non-hydrogen) atoms. The molecule has 0 spiro atoms. The van der Waals surface area contributed by atoms with Gasteiger partial charge in [-0.25, -0.2) is 4.79 Å². The van der Waals surface area contributed by atoms with Crippen LogP contribution in [0.4, 0.5) is 4.79 Å². The Hall–Kier alpha value is -1.36. The van der Waals surface area contributed by atoms with Crippen LogP contribution in [0.3, 0.4) is 0 Å². The van der Waals surface area contributed by atoms with Gasteiger partial charge in [0, 0.05) is 18.1 Å². The number of nitrogens with one attached hydrogen (secondary N) is 1. The standard InChI is InChI=1S/C14H24N2O7S2/c17-12(18)10-14(4-2-1-3-5-14)11-15-13(19)22-6-8-24-25-9-7-23-16(20)21/h1-11H2,(H,15,19)(H,17,18). The Balaban J connectivity index is 2.12. The molecule has 0 radical (unpaired) electrons. The third-order valence-corrected chi connectivity index (χ3v) is 6.23. The third-order valence-electron chi connectivity index (χ3n) is 3.89. The first-order valence-corrected chi connectivity index (χ1v) is 10.6. The fourth-order valence-corrected chi connectivity index (χ4v) is 4.43. The van der Waals surface area contributed by atoms with E-state index < -0.39 is 17.1 Å². The van der Waals surface area contributed by atoms with Crippen LogP contribution in [0.25, 0.3) is 0 Å². The maximum absolute atomic E-state index is 11.7. The topological polar surface area (TPSA) is 128 Å². The Kier molecular flexibility index (Phi) is 10.5. The van der Waals surface area contributed by atoms with Gasteiger partial charge in [-0.15, -0.1) is 10.1 Å². The summed E-state index contributed by atoms with van der Waals surface area (Å²) in [7, 11) is 2.83. The average Bonchev–Trinajstić information content (AvgIpc) is 2.55. The second-order valence-electron chi connectivity index (χ2n) is 5.82. The van der Waals surface area contributed by atoms with E-state index in [0.29, 0.717) is 18.1 Å². The van der Waals surface area contributed by atoms with E-state index in [1.54, 1.807) is 0 Å². The van der Waals surface area contributed by atoms with Crippen LogP contribution in [0, 0.1) is 15.5 Å². The van der Waals surface area contributed by atoms with E-state index in [0.717, 1.165) is 32.1 Å². The molecule has 0 aromatic rings. The van der Waals surface area contributed by atoms with Crippen LogP contribution >= 0.6 is 21.6 Å². The van der Waals surface area contributed by atoms with Crippen molar-refractivity contribution in [2.75, 3.05) is 31.3 Å². The molecular weight excluding hydrogens is 372 g/mol. The fourth-order valence-electron chi connectivity index (χ4n) is 2.78. The molecule has 0 atom stereocenters. The quantitative estimate of drug-likeness (QED) is 0.221. The van der Waals surface area contributed by atoms with Gasteiger partial charge in [-0.1, -0.05) is 40.9 Å². The van der Waals surface area contributed by atoms with Crippen LogP contribution in [0.1, 0.15) is 38.5 Å². The van der Waals surface area contributed by atoms with Gasteiger partial charge in [0.1, 0.15) is 13.2 Å². The maximum atomic E-state index is 11.7. The van der Waals surface area contributed by atoms with E-state index in [1.165, 1.54) is 21.6 Å². The van der Waals surface area contributed by atoms with E-state index in [4.69, 9.17) is 9.84 Å². The lowest BCUT2D eigenvalue weighted by molar-refractivity contribution is -0.756. The summed E-state index contributed by atoms with van der Waals surface area (Å²) < 4.78 is 5.06.